The van der Waals surface area contributed by atoms with Gasteiger partial charge < -0.3 is 70.3 Å². The molecule has 0 radical (unpaired) electrons. The van der Waals surface area contributed by atoms with E-state index in [4.69, 9.17) is 55.0 Å². The van der Waals surface area contributed by atoms with Crippen LogP contribution in [0.3, 0.4) is 0 Å². The highest BCUT2D eigenvalue weighted by Crippen LogP contribution is 2.48. The van der Waals surface area contributed by atoms with Gasteiger partial charge in [0, 0.05) is 19.1 Å². The minimum atomic E-state index is -4.86. The first-order chi connectivity index (χ1) is 30.3. The minimum absolute atomic E-state index is 0.467. The summed E-state index contributed by atoms with van der Waals surface area (Å²) in [5.74, 6) is -0.983. The molecule has 12 atom stereocenters. The van der Waals surface area contributed by atoms with Crippen molar-refractivity contribution in [2.75, 3.05) is 128 Å². The van der Waals surface area contributed by atoms with E-state index < -0.39 is 176 Å². The van der Waals surface area contributed by atoms with Crippen LogP contribution in [0.1, 0.15) is 0 Å². The second kappa shape index (κ2) is 32.5. The molecule has 0 aliphatic rings. The molecule has 0 aromatic heterocycles. The zero-order chi connectivity index (χ0) is 50.9. The minimum Gasteiger partial charge on any atom is -0.324 e. The molecule has 0 spiro atoms. The van der Waals surface area contributed by atoms with E-state index in [0.29, 0.717) is 0 Å². The first-order valence-electron chi connectivity index (χ1n) is 18.8. The van der Waals surface area contributed by atoms with Crippen LogP contribution in [0, 0.1) is 5.92 Å². The van der Waals surface area contributed by atoms with Gasteiger partial charge in [0.25, 0.3) is 0 Å². The van der Waals surface area contributed by atoms with Crippen molar-refractivity contribution in [1.29, 1.82) is 0 Å². The van der Waals surface area contributed by atoms with Gasteiger partial charge in [-0.3, -0.25) is 54.3 Å². The standard InChI is InChI=1S/C25H64FN6O27P7/c1-27-21(10-49-61(35,36)37)11-52-63(40,41)53-14-23(29-3)15-56-65(44,45)57-18-25(31-5)19-59-66(46,47)58-17-24(30-4)16-55-64(42,43)54-13-22(28-2)12-51-62(38,39)50-9-20(7-32-26)8-48-60(6,33)34/h20-25,27-32H,7-19H2,1-6H3,(H,33,34)(H,38,39)(H,40,41)(H,42,43)(H,44,45)(H,46,47)(H2,35,36,37). The van der Waals surface area contributed by atoms with E-state index in [2.05, 4.69) is 35.6 Å². The average Bonchev–Trinajstić information content (AvgIpc) is 3.21. The second-order valence-electron chi connectivity index (χ2n) is 13.3. The van der Waals surface area contributed by atoms with E-state index in [1.54, 1.807) is 0 Å². The number of hydrogen-bond acceptors (Lipinski definition) is 25. The predicted octanol–water partition coefficient (Wildman–Crippen LogP) is -1.37. The van der Waals surface area contributed by atoms with Crippen molar-refractivity contribution in [2.45, 2.75) is 30.2 Å². The Morgan fingerprint density at radius 2 is 0.561 bits per heavy atom. The van der Waals surface area contributed by atoms with Crippen LogP contribution in [0.15, 0.2) is 0 Å². The van der Waals surface area contributed by atoms with Gasteiger partial charge in [-0.05, 0) is 35.2 Å². The number of likely N-dealkylation sites (N-methyl/N-ethyl adjacent to an activating group) is 5. The van der Waals surface area contributed by atoms with Crippen LogP contribution in [-0.4, -0.2) is 197 Å². The van der Waals surface area contributed by atoms with Gasteiger partial charge in [-0.25, -0.2) is 27.4 Å². The highest BCUT2D eigenvalue weighted by atomic mass is 31.2. The molecule has 66 heavy (non-hydrogen) atoms. The van der Waals surface area contributed by atoms with Crippen molar-refractivity contribution in [1.82, 2.24) is 32.1 Å². The Bertz CT molecular complexity index is 1710. The van der Waals surface area contributed by atoms with Gasteiger partial charge in [-0.2, -0.15) is 5.54 Å². The molecule has 398 valence electrons. The normalized spacial score (nSPS) is 20.9. The Balaban J connectivity index is 4.86. The maximum atomic E-state index is 12.6. The SMILES string of the molecule is CNC(COP(=O)(O)O)COP(=O)(O)OCC(COP(=O)(O)OCC(COP(=O)(O)OCC(COP(=O)(O)OCC(COP(=O)(O)OCC(CNF)COP(C)(=O)O)NC)NC)NC)NC. The summed E-state index contributed by atoms with van der Waals surface area (Å²) >= 11 is 0. The molecule has 0 saturated carbocycles. The molecule has 0 bridgehead atoms. The zero-order valence-corrected chi connectivity index (χ0v) is 42.8. The maximum absolute atomic E-state index is 12.6. The van der Waals surface area contributed by atoms with Crippen LogP contribution in [-0.2, 0) is 86.2 Å². The quantitative estimate of drug-likeness (QED) is 0.0247. The summed E-state index contributed by atoms with van der Waals surface area (Å²) in [5.41, 5.74) is 1.28. The predicted molar refractivity (Wildman–Crippen MR) is 225 cm³/mol. The summed E-state index contributed by atoms with van der Waals surface area (Å²) < 4.78 is 155. The van der Waals surface area contributed by atoms with Gasteiger partial charge >= 0.3 is 54.5 Å². The summed E-state index contributed by atoms with van der Waals surface area (Å²) in [4.78, 5) is 77.2. The van der Waals surface area contributed by atoms with Crippen molar-refractivity contribution in [3.8, 4) is 0 Å². The molecule has 0 aromatic rings. The highest BCUT2D eigenvalue weighted by molar-refractivity contribution is 7.52. The van der Waals surface area contributed by atoms with Crippen LogP contribution in [0.2, 0.25) is 0 Å². The zero-order valence-electron chi connectivity index (χ0n) is 36.5. The molecular weight excluding hydrogens is 1050 g/mol. The van der Waals surface area contributed by atoms with E-state index in [1.807, 2.05) is 0 Å². The van der Waals surface area contributed by atoms with E-state index in [0.717, 1.165) is 6.66 Å². The van der Waals surface area contributed by atoms with E-state index >= 15 is 0 Å². The number of halogens is 1. The third-order valence-electron chi connectivity index (χ3n) is 7.82. The lowest BCUT2D eigenvalue weighted by Gasteiger charge is -2.23. The van der Waals surface area contributed by atoms with Gasteiger partial charge in [0.1, 0.15) is 0 Å². The second-order valence-corrected chi connectivity index (χ2v) is 23.7. The fraction of sp³-hybridized carbons (Fsp3) is 1.00. The molecule has 41 heteroatoms. The monoisotopic (exact) mass is 1120 g/mol. The van der Waals surface area contributed by atoms with Crippen LogP contribution in [0.25, 0.3) is 0 Å². The van der Waals surface area contributed by atoms with Gasteiger partial charge in [-0.15, -0.1) is 4.48 Å². The van der Waals surface area contributed by atoms with Crippen molar-refractivity contribution < 1.29 is 130 Å². The topological polar surface area (TPSA) is 464 Å². The summed E-state index contributed by atoms with van der Waals surface area (Å²) in [6.07, 6.45) is 0. The fourth-order valence-corrected chi connectivity index (χ4v) is 8.77. The number of nitrogens with one attached hydrogen (secondary N) is 6. The molecule has 14 N–H and O–H groups in total. The van der Waals surface area contributed by atoms with Crippen LogP contribution in [0.5, 0.6) is 0 Å². The lowest BCUT2D eigenvalue weighted by Crippen LogP contribution is -2.36. The Morgan fingerprint density at radius 3 is 0.742 bits per heavy atom. The van der Waals surface area contributed by atoms with Crippen LogP contribution in [0.4, 0.5) is 4.48 Å². The van der Waals surface area contributed by atoms with Gasteiger partial charge in [0.05, 0.1) is 109 Å². The van der Waals surface area contributed by atoms with E-state index in [-0.39, 0.29) is 0 Å². The Labute approximate surface area is 379 Å². The van der Waals surface area contributed by atoms with E-state index in [1.165, 1.54) is 40.8 Å². The van der Waals surface area contributed by atoms with Gasteiger partial charge in [-0.1, -0.05) is 0 Å². The summed E-state index contributed by atoms with van der Waals surface area (Å²) in [6.45, 7) is -6.93. The molecule has 0 amide bonds. The smallest absolute Gasteiger partial charge is 0.324 e. The van der Waals surface area contributed by atoms with Crippen molar-refractivity contribution in [3.05, 3.63) is 0 Å². The average molecular weight is 1120 g/mol. The molecule has 0 saturated heterocycles. The lowest BCUT2D eigenvalue weighted by molar-refractivity contribution is 0.0823. The Morgan fingerprint density at radius 1 is 0.364 bits per heavy atom. The van der Waals surface area contributed by atoms with Crippen molar-refractivity contribution in [3.63, 3.8) is 0 Å². The van der Waals surface area contributed by atoms with Crippen LogP contribution >= 0.6 is 54.5 Å². The van der Waals surface area contributed by atoms with Crippen LogP contribution < -0.4 is 32.1 Å². The van der Waals surface area contributed by atoms with Crippen molar-refractivity contribution in [2.24, 2.45) is 5.92 Å². The van der Waals surface area contributed by atoms with E-state index in [9.17, 15) is 65.8 Å². The number of hydrogen-bond donors (Lipinski definition) is 14. The van der Waals surface area contributed by atoms with Crippen molar-refractivity contribution >= 4 is 54.5 Å². The molecule has 0 aliphatic heterocycles. The molecule has 33 nitrogen and oxygen atoms in total. The molecular formula is C25H64FN6O27P7. The third-order valence-corrected chi connectivity index (χ3v) is 13.7. The number of phosphoric acid groups is 6. The number of rotatable bonds is 43. The molecule has 0 aliphatic carbocycles. The Hall–Kier alpha value is 0.500. The van der Waals surface area contributed by atoms with Gasteiger partial charge in [0.2, 0.25) is 0 Å². The molecule has 12 unspecified atom stereocenters. The first kappa shape index (κ1) is 66.5. The molecule has 0 rings (SSSR count). The third kappa shape index (κ3) is 35.6. The molecule has 0 fully saturated rings. The summed E-state index contributed by atoms with van der Waals surface area (Å²) in [6, 6.07) is -4.97. The fourth-order valence-electron chi connectivity index (χ4n) is 3.82. The lowest BCUT2D eigenvalue weighted by atomic mass is 10.2. The summed E-state index contributed by atoms with van der Waals surface area (Å²) in [5, 5.41) is 13.0. The highest BCUT2D eigenvalue weighted by Gasteiger charge is 2.32. The summed E-state index contributed by atoms with van der Waals surface area (Å²) in [7, 11) is -26.1. The molecule has 0 heterocycles. The van der Waals surface area contributed by atoms with Gasteiger partial charge in [0.15, 0.2) is 0 Å². The largest absolute Gasteiger partial charge is 0.472 e. The number of phosphoric ester groups is 6. The maximum Gasteiger partial charge on any atom is 0.472 e. The first-order valence-corrected chi connectivity index (χ1v) is 29.8. The Kier molecular flexibility index (Phi) is 32.8. The molecule has 0 aromatic carbocycles.